The topological polar surface area (TPSA) is 66.5 Å². The first-order valence-electron chi connectivity index (χ1n) is 11.2. The lowest BCUT2D eigenvalue weighted by molar-refractivity contribution is -0.131. The number of nitrogens with zero attached hydrogens (tertiary/aromatic N) is 1. The lowest BCUT2D eigenvalue weighted by atomic mass is 10.1. The summed E-state index contributed by atoms with van der Waals surface area (Å²) in [5.74, 6) is 0.207. The van der Waals surface area contributed by atoms with Gasteiger partial charge in [-0.05, 0) is 38.3 Å². The Hall–Kier alpha value is -1.40. The number of benzene rings is 1. The molecule has 0 heterocycles. The Kier molecular flexibility index (Phi) is 12.9. The minimum atomic E-state index is -3.49. The largest absolute Gasteiger partial charge is 0.343 e. The Morgan fingerprint density at radius 1 is 0.862 bits per heavy atom. The van der Waals surface area contributed by atoms with Crippen LogP contribution in [0.2, 0.25) is 0 Å². The van der Waals surface area contributed by atoms with E-state index in [2.05, 4.69) is 18.6 Å². The van der Waals surface area contributed by atoms with Crippen LogP contribution < -0.4 is 4.72 Å². The molecule has 6 heteroatoms. The van der Waals surface area contributed by atoms with Crippen molar-refractivity contribution in [1.29, 1.82) is 0 Å². The van der Waals surface area contributed by atoms with Crippen LogP contribution in [0.4, 0.5) is 0 Å². The van der Waals surface area contributed by atoms with Crippen molar-refractivity contribution in [2.75, 3.05) is 19.6 Å². The second-order valence-corrected chi connectivity index (χ2v) is 9.58. The predicted octanol–water partition coefficient (Wildman–Crippen LogP) is 5.04. The Balaban J connectivity index is 2.48. The first kappa shape index (κ1) is 25.6. The van der Waals surface area contributed by atoms with Crippen LogP contribution in [0, 0.1) is 6.92 Å². The minimum Gasteiger partial charge on any atom is -0.343 e. The van der Waals surface area contributed by atoms with Gasteiger partial charge in [0.1, 0.15) is 0 Å². The summed E-state index contributed by atoms with van der Waals surface area (Å²) in [6, 6.07) is 6.84. The molecule has 0 bridgehead atoms. The molecular weight excluding hydrogens is 384 g/mol. The van der Waals surface area contributed by atoms with Gasteiger partial charge in [-0.3, -0.25) is 4.79 Å². The Morgan fingerprint density at radius 3 is 2.07 bits per heavy atom. The fraction of sp³-hybridized carbons (Fsp3) is 0.696. The maximum absolute atomic E-state index is 12.6. The number of hydrogen-bond donors (Lipinski definition) is 1. The highest BCUT2D eigenvalue weighted by molar-refractivity contribution is 7.89. The minimum absolute atomic E-state index is 0.207. The molecule has 29 heavy (non-hydrogen) atoms. The van der Waals surface area contributed by atoms with Crippen molar-refractivity contribution in [3.8, 4) is 0 Å². The van der Waals surface area contributed by atoms with Crippen LogP contribution in [0.1, 0.15) is 83.6 Å². The number of nitrogens with one attached hydrogen (secondary N) is 1. The zero-order chi connectivity index (χ0) is 21.5. The molecule has 0 atom stereocenters. The fourth-order valence-corrected chi connectivity index (χ4v) is 4.30. The van der Waals surface area contributed by atoms with Crippen LogP contribution in [0.5, 0.6) is 0 Å². The molecule has 0 radical (unpaired) electrons. The fourth-order valence-electron chi connectivity index (χ4n) is 3.23. The van der Waals surface area contributed by atoms with E-state index in [9.17, 15) is 13.2 Å². The molecule has 1 aromatic carbocycles. The number of unbranched alkanes of at least 4 members (excludes halogenated alkanes) is 6. The van der Waals surface area contributed by atoms with Crippen LogP contribution in [0.25, 0.3) is 0 Å². The number of aryl methyl sites for hydroxylation is 1. The van der Waals surface area contributed by atoms with Gasteiger partial charge in [0.2, 0.25) is 15.9 Å². The van der Waals surface area contributed by atoms with Crippen molar-refractivity contribution in [3.63, 3.8) is 0 Å². The van der Waals surface area contributed by atoms with E-state index in [-0.39, 0.29) is 10.8 Å². The zero-order valence-corrected chi connectivity index (χ0v) is 19.4. The van der Waals surface area contributed by atoms with Gasteiger partial charge in [0.25, 0.3) is 0 Å². The van der Waals surface area contributed by atoms with Gasteiger partial charge in [-0.25, -0.2) is 13.1 Å². The summed E-state index contributed by atoms with van der Waals surface area (Å²) >= 11 is 0. The molecule has 1 aromatic rings. The highest BCUT2D eigenvalue weighted by atomic mass is 32.2. The smallest absolute Gasteiger partial charge is 0.240 e. The molecule has 0 aliphatic heterocycles. The van der Waals surface area contributed by atoms with E-state index in [0.717, 1.165) is 44.2 Å². The third kappa shape index (κ3) is 10.8. The van der Waals surface area contributed by atoms with Crippen LogP contribution in [-0.2, 0) is 14.8 Å². The van der Waals surface area contributed by atoms with E-state index >= 15 is 0 Å². The van der Waals surface area contributed by atoms with Crippen molar-refractivity contribution in [2.24, 2.45) is 0 Å². The monoisotopic (exact) mass is 424 g/mol. The molecule has 0 saturated carbocycles. The van der Waals surface area contributed by atoms with Crippen LogP contribution in [-0.4, -0.2) is 38.9 Å². The summed E-state index contributed by atoms with van der Waals surface area (Å²) in [6.07, 6.45) is 10.1. The number of carbonyl (C=O) groups excluding carboxylic acids is 1. The van der Waals surface area contributed by atoms with Crippen LogP contribution in [0.15, 0.2) is 29.2 Å². The number of sulfonamides is 1. The van der Waals surface area contributed by atoms with Gasteiger partial charge >= 0.3 is 0 Å². The van der Waals surface area contributed by atoms with Crippen LogP contribution in [0.3, 0.4) is 0 Å². The second-order valence-electron chi connectivity index (χ2n) is 7.82. The predicted molar refractivity (Wildman–Crippen MR) is 120 cm³/mol. The van der Waals surface area contributed by atoms with Crippen molar-refractivity contribution in [3.05, 3.63) is 29.8 Å². The molecule has 166 valence electrons. The average molecular weight is 425 g/mol. The van der Waals surface area contributed by atoms with Crippen molar-refractivity contribution >= 4 is 15.9 Å². The third-order valence-corrected chi connectivity index (χ3v) is 6.58. The molecule has 0 spiro atoms. The standard InChI is InChI=1S/C23H40N2O3S/c1-4-6-8-10-13-23(26)25(19-11-9-7-5-2)20-12-18-24-29(27,28)22-16-14-21(3)15-17-22/h14-17,24H,4-13,18-20H2,1-3H3. The summed E-state index contributed by atoms with van der Waals surface area (Å²) in [6.45, 7) is 7.99. The molecule has 1 N–H and O–H groups in total. The van der Waals surface area contributed by atoms with Gasteiger partial charge in [-0.1, -0.05) is 70.1 Å². The van der Waals surface area contributed by atoms with E-state index < -0.39 is 10.0 Å². The van der Waals surface area contributed by atoms with E-state index in [1.54, 1.807) is 24.3 Å². The lowest BCUT2D eigenvalue weighted by Gasteiger charge is -2.23. The number of carbonyl (C=O) groups is 1. The molecule has 0 aromatic heterocycles. The summed E-state index contributed by atoms with van der Waals surface area (Å²) < 4.78 is 27.4. The quantitative estimate of drug-likeness (QED) is 0.378. The second kappa shape index (κ2) is 14.6. The molecule has 0 aliphatic carbocycles. The first-order chi connectivity index (χ1) is 13.9. The summed E-state index contributed by atoms with van der Waals surface area (Å²) in [5, 5.41) is 0. The van der Waals surface area contributed by atoms with Gasteiger partial charge < -0.3 is 4.90 Å². The van der Waals surface area contributed by atoms with Crippen molar-refractivity contribution in [2.45, 2.75) is 89.9 Å². The molecule has 0 saturated heterocycles. The Labute approximate surface area is 178 Å². The first-order valence-corrected chi connectivity index (χ1v) is 12.7. The average Bonchev–Trinajstić information content (AvgIpc) is 2.70. The van der Waals surface area contributed by atoms with Crippen molar-refractivity contribution in [1.82, 2.24) is 9.62 Å². The Bertz CT molecular complexity index is 672. The van der Waals surface area contributed by atoms with E-state index in [1.807, 2.05) is 11.8 Å². The molecule has 1 amide bonds. The molecular formula is C23H40N2O3S. The summed E-state index contributed by atoms with van der Waals surface area (Å²) in [4.78, 5) is 14.8. The SMILES string of the molecule is CCCCCCC(=O)N(CCCCCC)CCCNS(=O)(=O)c1ccc(C)cc1. The summed E-state index contributed by atoms with van der Waals surface area (Å²) in [5.41, 5.74) is 1.03. The van der Waals surface area contributed by atoms with Gasteiger partial charge in [0.05, 0.1) is 4.90 Å². The molecule has 0 aliphatic rings. The highest BCUT2D eigenvalue weighted by Crippen LogP contribution is 2.11. The lowest BCUT2D eigenvalue weighted by Crippen LogP contribution is -2.35. The third-order valence-electron chi connectivity index (χ3n) is 5.11. The maximum Gasteiger partial charge on any atom is 0.240 e. The maximum atomic E-state index is 12.6. The van der Waals surface area contributed by atoms with Gasteiger partial charge in [-0.15, -0.1) is 0 Å². The van der Waals surface area contributed by atoms with Crippen LogP contribution >= 0.6 is 0 Å². The Morgan fingerprint density at radius 2 is 1.45 bits per heavy atom. The highest BCUT2D eigenvalue weighted by Gasteiger charge is 2.15. The van der Waals surface area contributed by atoms with E-state index in [1.165, 1.54) is 19.3 Å². The van der Waals surface area contributed by atoms with Gasteiger partial charge in [0.15, 0.2) is 0 Å². The molecule has 0 unspecified atom stereocenters. The number of hydrogen-bond acceptors (Lipinski definition) is 3. The van der Waals surface area contributed by atoms with Crippen molar-refractivity contribution < 1.29 is 13.2 Å². The molecule has 1 rings (SSSR count). The van der Waals surface area contributed by atoms with E-state index in [4.69, 9.17) is 0 Å². The molecule has 5 nitrogen and oxygen atoms in total. The molecule has 0 fully saturated rings. The normalized spacial score (nSPS) is 11.6. The summed E-state index contributed by atoms with van der Waals surface area (Å²) in [7, 11) is -3.49. The van der Waals surface area contributed by atoms with E-state index in [0.29, 0.717) is 25.9 Å². The van der Waals surface area contributed by atoms with Gasteiger partial charge in [-0.2, -0.15) is 0 Å². The zero-order valence-electron chi connectivity index (χ0n) is 18.6. The van der Waals surface area contributed by atoms with Gasteiger partial charge in [0, 0.05) is 26.1 Å². The number of amides is 1. The number of rotatable bonds is 16.